The predicted molar refractivity (Wildman–Crippen MR) is 85.4 cm³/mol. The van der Waals surface area contributed by atoms with Gasteiger partial charge in [0.2, 0.25) is 5.91 Å². The molecule has 22 heavy (non-hydrogen) atoms. The maximum atomic E-state index is 12.8. The molecule has 1 saturated carbocycles. The fraction of sp³-hybridized carbons (Fsp3) is 0.750. The van der Waals surface area contributed by atoms with Gasteiger partial charge in [0.15, 0.2) is 0 Å². The lowest BCUT2D eigenvalue weighted by Crippen LogP contribution is -2.53. The Balaban J connectivity index is 1.58. The Morgan fingerprint density at radius 3 is 2.50 bits per heavy atom. The zero-order valence-corrected chi connectivity index (χ0v) is 13.7. The molecule has 1 aromatic heterocycles. The second kappa shape index (κ2) is 6.79. The van der Waals surface area contributed by atoms with Crippen LogP contribution in [0.15, 0.2) is 12.4 Å². The van der Waals surface area contributed by atoms with E-state index < -0.39 is 0 Å². The summed E-state index contributed by atoms with van der Waals surface area (Å²) in [5.74, 6) is 0.168. The Hall–Kier alpha value is -1.40. The van der Waals surface area contributed by atoms with Crippen LogP contribution in [0, 0.1) is 0 Å². The van der Waals surface area contributed by atoms with E-state index in [9.17, 15) is 4.79 Å². The number of carbonyl (C=O) groups is 1. The number of carbonyl (C=O) groups excluding carboxylic acids is 1. The second-order valence-electron chi connectivity index (χ2n) is 6.47. The van der Waals surface area contributed by atoms with E-state index in [1.165, 1.54) is 25.7 Å². The van der Waals surface area contributed by atoms with Gasteiger partial charge in [-0.1, -0.05) is 12.8 Å². The Morgan fingerprint density at radius 1 is 1.27 bits per heavy atom. The van der Waals surface area contributed by atoms with Gasteiger partial charge in [0.05, 0.1) is 6.20 Å². The van der Waals surface area contributed by atoms with Gasteiger partial charge < -0.3 is 10.2 Å². The molecule has 1 unspecified atom stereocenters. The Morgan fingerprint density at radius 2 is 1.95 bits per heavy atom. The predicted octanol–water partition coefficient (Wildman–Crippen LogP) is 0.767. The SMILES string of the molecule is CNC(C(=O)N1CCN(C2CCCC2)CC1)c1cnn(C)c1. The molecular formula is C16H27N5O. The monoisotopic (exact) mass is 305 g/mol. The number of amides is 1. The minimum absolute atomic E-state index is 0.168. The van der Waals surface area contributed by atoms with Crippen LogP contribution in [0.5, 0.6) is 0 Å². The van der Waals surface area contributed by atoms with Crippen LogP contribution in [-0.2, 0) is 11.8 Å². The zero-order chi connectivity index (χ0) is 15.5. The normalized spacial score (nSPS) is 22.2. The maximum Gasteiger partial charge on any atom is 0.244 e. The number of piperazine rings is 1. The number of nitrogens with zero attached hydrogens (tertiary/aromatic N) is 4. The van der Waals surface area contributed by atoms with Crippen LogP contribution in [0.3, 0.4) is 0 Å². The van der Waals surface area contributed by atoms with Crippen molar-refractivity contribution in [3.63, 3.8) is 0 Å². The summed E-state index contributed by atoms with van der Waals surface area (Å²) in [7, 11) is 3.71. The molecule has 6 heteroatoms. The highest BCUT2D eigenvalue weighted by atomic mass is 16.2. The van der Waals surface area contributed by atoms with Crippen LogP contribution in [0.25, 0.3) is 0 Å². The molecule has 0 spiro atoms. The minimum Gasteiger partial charge on any atom is -0.338 e. The molecule has 1 amide bonds. The van der Waals surface area contributed by atoms with Crippen LogP contribution in [0.1, 0.15) is 37.3 Å². The van der Waals surface area contributed by atoms with Crippen molar-refractivity contribution >= 4 is 5.91 Å². The molecule has 122 valence electrons. The molecule has 2 aliphatic rings. The third-order valence-electron chi connectivity index (χ3n) is 5.06. The standard InChI is InChI=1S/C16H27N5O/c1-17-15(13-11-18-19(2)12-13)16(22)21-9-7-20(8-10-21)14-5-3-4-6-14/h11-12,14-15,17H,3-10H2,1-2H3. The zero-order valence-electron chi connectivity index (χ0n) is 13.7. The number of aromatic nitrogens is 2. The number of likely N-dealkylation sites (N-methyl/N-ethyl adjacent to an activating group) is 1. The molecule has 1 N–H and O–H groups in total. The first-order valence-corrected chi connectivity index (χ1v) is 8.37. The van der Waals surface area contributed by atoms with E-state index in [2.05, 4.69) is 15.3 Å². The highest BCUT2D eigenvalue weighted by Gasteiger charge is 2.31. The molecule has 2 fully saturated rings. The van der Waals surface area contributed by atoms with E-state index in [0.717, 1.165) is 37.8 Å². The molecule has 2 heterocycles. The summed E-state index contributed by atoms with van der Waals surface area (Å²) in [5, 5.41) is 7.31. The molecule has 1 aliphatic carbocycles. The summed E-state index contributed by atoms with van der Waals surface area (Å²) in [6.45, 7) is 3.71. The fourth-order valence-corrected chi connectivity index (χ4v) is 3.78. The third kappa shape index (κ3) is 3.17. The smallest absolute Gasteiger partial charge is 0.244 e. The van der Waals surface area contributed by atoms with Gasteiger partial charge in [0.25, 0.3) is 0 Å². The van der Waals surface area contributed by atoms with Gasteiger partial charge in [-0.3, -0.25) is 14.4 Å². The molecule has 1 aliphatic heterocycles. The van der Waals surface area contributed by atoms with Gasteiger partial charge in [-0.25, -0.2) is 0 Å². The van der Waals surface area contributed by atoms with Crippen molar-refractivity contribution in [1.29, 1.82) is 0 Å². The molecule has 1 saturated heterocycles. The molecule has 6 nitrogen and oxygen atoms in total. The molecule has 0 aromatic carbocycles. The third-order valence-corrected chi connectivity index (χ3v) is 5.06. The first-order valence-electron chi connectivity index (χ1n) is 8.37. The van der Waals surface area contributed by atoms with E-state index >= 15 is 0 Å². The Kier molecular flexibility index (Phi) is 4.78. The average molecular weight is 305 g/mol. The molecule has 0 radical (unpaired) electrons. The van der Waals surface area contributed by atoms with Crippen molar-refractivity contribution in [3.05, 3.63) is 18.0 Å². The summed E-state index contributed by atoms with van der Waals surface area (Å²) in [5.41, 5.74) is 0.938. The van der Waals surface area contributed by atoms with Gasteiger partial charge in [0.1, 0.15) is 6.04 Å². The largest absolute Gasteiger partial charge is 0.338 e. The van der Waals surface area contributed by atoms with Crippen LogP contribution in [0.4, 0.5) is 0 Å². The summed E-state index contributed by atoms with van der Waals surface area (Å²) in [6.07, 6.45) is 9.09. The lowest BCUT2D eigenvalue weighted by molar-refractivity contribution is -0.135. The van der Waals surface area contributed by atoms with Crippen LogP contribution in [-0.4, -0.2) is 64.8 Å². The number of hydrogen-bond acceptors (Lipinski definition) is 4. The number of rotatable bonds is 4. The van der Waals surface area contributed by atoms with Gasteiger partial charge in [-0.2, -0.15) is 5.10 Å². The van der Waals surface area contributed by atoms with Gasteiger partial charge >= 0.3 is 0 Å². The lowest BCUT2D eigenvalue weighted by atomic mass is 10.1. The summed E-state index contributed by atoms with van der Waals surface area (Å²) in [4.78, 5) is 17.4. The Bertz CT molecular complexity index is 500. The molecule has 3 rings (SSSR count). The van der Waals surface area contributed by atoms with Crippen LogP contribution in [0.2, 0.25) is 0 Å². The van der Waals surface area contributed by atoms with E-state index in [-0.39, 0.29) is 11.9 Å². The van der Waals surface area contributed by atoms with Gasteiger partial charge in [0, 0.05) is 51.0 Å². The molecular weight excluding hydrogens is 278 g/mol. The Labute approximate surface area is 132 Å². The van der Waals surface area contributed by atoms with Crippen molar-refractivity contribution in [2.24, 2.45) is 7.05 Å². The highest BCUT2D eigenvalue weighted by molar-refractivity contribution is 5.83. The first-order chi connectivity index (χ1) is 10.7. The fourth-order valence-electron chi connectivity index (χ4n) is 3.78. The topological polar surface area (TPSA) is 53.4 Å². The van der Waals surface area contributed by atoms with E-state index in [0.29, 0.717) is 0 Å². The highest BCUT2D eigenvalue weighted by Crippen LogP contribution is 2.25. The second-order valence-corrected chi connectivity index (χ2v) is 6.47. The van der Waals surface area contributed by atoms with Crippen molar-refractivity contribution in [3.8, 4) is 0 Å². The summed E-state index contributed by atoms with van der Waals surface area (Å²) < 4.78 is 1.74. The van der Waals surface area contributed by atoms with Crippen molar-refractivity contribution in [1.82, 2.24) is 24.9 Å². The van der Waals surface area contributed by atoms with E-state index in [1.807, 2.05) is 25.2 Å². The molecule has 0 bridgehead atoms. The summed E-state index contributed by atoms with van der Waals surface area (Å²) >= 11 is 0. The van der Waals surface area contributed by atoms with E-state index in [4.69, 9.17) is 0 Å². The minimum atomic E-state index is -0.285. The van der Waals surface area contributed by atoms with Crippen LogP contribution >= 0.6 is 0 Å². The lowest BCUT2D eigenvalue weighted by Gasteiger charge is -2.39. The summed E-state index contributed by atoms with van der Waals surface area (Å²) in [6, 6.07) is 0.474. The van der Waals surface area contributed by atoms with Gasteiger partial charge in [-0.15, -0.1) is 0 Å². The van der Waals surface area contributed by atoms with Crippen molar-refractivity contribution in [2.75, 3.05) is 33.2 Å². The average Bonchev–Trinajstić information content (AvgIpc) is 3.20. The number of aryl methyl sites for hydroxylation is 1. The van der Waals surface area contributed by atoms with E-state index in [1.54, 1.807) is 10.9 Å². The maximum absolute atomic E-state index is 12.8. The first kappa shape index (κ1) is 15.5. The van der Waals surface area contributed by atoms with Crippen molar-refractivity contribution in [2.45, 2.75) is 37.8 Å². The molecule has 1 aromatic rings. The van der Waals surface area contributed by atoms with Crippen molar-refractivity contribution < 1.29 is 4.79 Å². The quantitative estimate of drug-likeness (QED) is 0.893. The van der Waals surface area contributed by atoms with Gasteiger partial charge in [-0.05, 0) is 19.9 Å². The molecule has 1 atom stereocenters. The number of hydrogen-bond donors (Lipinski definition) is 1. The number of nitrogens with one attached hydrogen (secondary N) is 1. The van der Waals surface area contributed by atoms with Crippen LogP contribution < -0.4 is 5.32 Å².